The normalized spacial score (nSPS) is 10.9. The van der Waals surface area contributed by atoms with Crippen molar-refractivity contribution in [2.24, 2.45) is 0 Å². The van der Waals surface area contributed by atoms with Gasteiger partial charge in [-0.3, -0.25) is 4.90 Å². The maximum Gasteiger partial charge on any atom is 0.180 e. The second-order valence-corrected chi connectivity index (χ2v) is 3.53. The zero-order chi connectivity index (χ0) is 8.97. The number of anilines is 1. The molecule has 0 aliphatic heterocycles. The van der Waals surface area contributed by atoms with Crippen LogP contribution in [0.2, 0.25) is 0 Å². The summed E-state index contributed by atoms with van der Waals surface area (Å²) in [5.74, 6) is 0. The molecule has 4 heteroatoms. The molecule has 1 heterocycles. The molecule has 0 unspecified atom stereocenters. The van der Waals surface area contributed by atoms with Gasteiger partial charge < -0.3 is 5.73 Å². The first-order valence-electron chi connectivity index (χ1n) is 4.18. The molecule has 1 aromatic heterocycles. The number of hydrogen-bond acceptors (Lipinski definition) is 4. The van der Waals surface area contributed by atoms with Gasteiger partial charge in [0.25, 0.3) is 0 Å². The highest BCUT2D eigenvalue weighted by molar-refractivity contribution is 7.13. The van der Waals surface area contributed by atoms with Crippen molar-refractivity contribution < 1.29 is 0 Å². The van der Waals surface area contributed by atoms with E-state index in [1.54, 1.807) is 0 Å². The fourth-order valence-corrected chi connectivity index (χ4v) is 1.63. The molecular formula is C8H15N3S. The van der Waals surface area contributed by atoms with E-state index in [4.69, 9.17) is 5.73 Å². The first-order valence-corrected chi connectivity index (χ1v) is 5.06. The van der Waals surface area contributed by atoms with E-state index < -0.39 is 0 Å². The molecule has 0 amide bonds. The standard InChI is InChI=1S/C8H15N3S/c1-3-11(4-2)5-7-6-12-8(9)10-7/h6H,3-5H2,1-2H3,(H2,9,10). The Morgan fingerprint density at radius 1 is 1.50 bits per heavy atom. The second-order valence-electron chi connectivity index (χ2n) is 2.64. The van der Waals surface area contributed by atoms with Crippen LogP contribution < -0.4 is 5.73 Å². The molecule has 68 valence electrons. The number of thiazole rings is 1. The number of nitrogen functional groups attached to an aromatic ring is 1. The van der Waals surface area contributed by atoms with E-state index in [9.17, 15) is 0 Å². The van der Waals surface area contributed by atoms with Gasteiger partial charge in [0.05, 0.1) is 5.69 Å². The Bertz CT molecular complexity index is 230. The lowest BCUT2D eigenvalue weighted by Gasteiger charge is -2.15. The highest BCUT2D eigenvalue weighted by atomic mass is 32.1. The highest BCUT2D eigenvalue weighted by Crippen LogP contribution is 2.12. The van der Waals surface area contributed by atoms with Crippen molar-refractivity contribution in [2.75, 3.05) is 18.8 Å². The van der Waals surface area contributed by atoms with Crippen molar-refractivity contribution in [3.63, 3.8) is 0 Å². The van der Waals surface area contributed by atoms with E-state index in [0.717, 1.165) is 25.3 Å². The molecule has 0 spiro atoms. The predicted octanol–water partition coefficient (Wildman–Crippen LogP) is 1.57. The lowest BCUT2D eigenvalue weighted by atomic mass is 10.4. The third-order valence-electron chi connectivity index (χ3n) is 1.85. The van der Waals surface area contributed by atoms with Crippen molar-refractivity contribution in [3.05, 3.63) is 11.1 Å². The monoisotopic (exact) mass is 185 g/mol. The zero-order valence-electron chi connectivity index (χ0n) is 7.58. The van der Waals surface area contributed by atoms with Gasteiger partial charge in [-0.2, -0.15) is 0 Å². The van der Waals surface area contributed by atoms with Crippen molar-refractivity contribution in [2.45, 2.75) is 20.4 Å². The van der Waals surface area contributed by atoms with Gasteiger partial charge in [-0.15, -0.1) is 11.3 Å². The van der Waals surface area contributed by atoms with Crippen LogP contribution in [-0.2, 0) is 6.54 Å². The lowest BCUT2D eigenvalue weighted by molar-refractivity contribution is 0.293. The molecule has 0 fully saturated rings. The van der Waals surface area contributed by atoms with Gasteiger partial charge >= 0.3 is 0 Å². The van der Waals surface area contributed by atoms with Crippen LogP contribution in [0.15, 0.2) is 5.38 Å². The number of aromatic nitrogens is 1. The summed E-state index contributed by atoms with van der Waals surface area (Å²) in [6, 6.07) is 0. The third kappa shape index (κ3) is 2.46. The Morgan fingerprint density at radius 3 is 2.58 bits per heavy atom. The fourth-order valence-electron chi connectivity index (χ4n) is 1.07. The predicted molar refractivity (Wildman–Crippen MR) is 53.2 cm³/mol. The average molecular weight is 185 g/mol. The SMILES string of the molecule is CCN(CC)Cc1csc(N)n1. The summed E-state index contributed by atoms with van der Waals surface area (Å²) in [7, 11) is 0. The number of rotatable bonds is 4. The molecule has 0 bridgehead atoms. The van der Waals surface area contributed by atoms with Crippen LogP contribution in [0.5, 0.6) is 0 Å². The van der Waals surface area contributed by atoms with E-state index in [1.165, 1.54) is 11.3 Å². The van der Waals surface area contributed by atoms with E-state index >= 15 is 0 Å². The minimum atomic E-state index is 0.664. The van der Waals surface area contributed by atoms with Crippen LogP contribution >= 0.6 is 11.3 Å². The van der Waals surface area contributed by atoms with E-state index in [-0.39, 0.29) is 0 Å². The molecule has 0 saturated heterocycles. The van der Waals surface area contributed by atoms with Crippen LogP contribution in [0.25, 0.3) is 0 Å². The van der Waals surface area contributed by atoms with Crippen LogP contribution in [0.1, 0.15) is 19.5 Å². The Labute approximate surface area is 77.2 Å². The second kappa shape index (κ2) is 4.42. The van der Waals surface area contributed by atoms with E-state index in [0.29, 0.717) is 5.13 Å². The molecule has 3 nitrogen and oxygen atoms in total. The van der Waals surface area contributed by atoms with Crippen LogP contribution in [0.4, 0.5) is 5.13 Å². The minimum absolute atomic E-state index is 0.664. The van der Waals surface area contributed by atoms with Crippen molar-refractivity contribution in [1.82, 2.24) is 9.88 Å². The Balaban J connectivity index is 2.50. The van der Waals surface area contributed by atoms with Gasteiger partial charge in [-0.05, 0) is 13.1 Å². The summed E-state index contributed by atoms with van der Waals surface area (Å²) in [6.45, 7) is 7.35. The van der Waals surface area contributed by atoms with Crippen molar-refractivity contribution in [1.29, 1.82) is 0 Å². The van der Waals surface area contributed by atoms with E-state index in [1.807, 2.05) is 5.38 Å². The molecule has 1 aromatic rings. The molecule has 0 saturated carbocycles. The van der Waals surface area contributed by atoms with E-state index in [2.05, 4.69) is 23.7 Å². The summed E-state index contributed by atoms with van der Waals surface area (Å²) in [5.41, 5.74) is 6.61. The smallest absolute Gasteiger partial charge is 0.180 e. The first kappa shape index (κ1) is 9.48. The lowest BCUT2D eigenvalue weighted by Crippen LogP contribution is -2.22. The quantitative estimate of drug-likeness (QED) is 0.774. The summed E-state index contributed by atoms with van der Waals surface area (Å²) < 4.78 is 0. The number of nitrogens with two attached hydrogens (primary N) is 1. The third-order valence-corrected chi connectivity index (χ3v) is 2.57. The van der Waals surface area contributed by atoms with Crippen LogP contribution in [0, 0.1) is 0 Å². The highest BCUT2D eigenvalue weighted by Gasteiger charge is 2.03. The molecule has 2 N–H and O–H groups in total. The molecule has 0 aliphatic carbocycles. The minimum Gasteiger partial charge on any atom is -0.375 e. The van der Waals surface area contributed by atoms with Gasteiger partial charge in [0.15, 0.2) is 5.13 Å². The molecular weight excluding hydrogens is 170 g/mol. The van der Waals surface area contributed by atoms with Gasteiger partial charge in [-0.1, -0.05) is 13.8 Å². The van der Waals surface area contributed by atoms with Gasteiger partial charge in [0, 0.05) is 11.9 Å². The first-order chi connectivity index (χ1) is 5.76. The topological polar surface area (TPSA) is 42.1 Å². The van der Waals surface area contributed by atoms with Gasteiger partial charge in [-0.25, -0.2) is 4.98 Å². The van der Waals surface area contributed by atoms with Gasteiger partial charge in [0.1, 0.15) is 0 Å². The Morgan fingerprint density at radius 2 is 2.17 bits per heavy atom. The fraction of sp³-hybridized carbons (Fsp3) is 0.625. The maximum atomic E-state index is 5.53. The molecule has 0 atom stereocenters. The van der Waals surface area contributed by atoms with Crippen LogP contribution in [0.3, 0.4) is 0 Å². The van der Waals surface area contributed by atoms with Crippen molar-refractivity contribution in [3.8, 4) is 0 Å². The molecule has 12 heavy (non-hydrogen) atoms. The largest absolute Gasteiger partial charge is 0.375 e. The molecule has 1 rings (SSSR count). The molecule has 0 aliphatic rings. The Hall–Kier alpha value is -0.610. The Kier molecular flexibility index (Phi) is 3.49. The summed E-state index contributed by atoms with van der Waals surface area (Å²) in [5, 5.41) is 2.69. The molecule has 0 aromatic carbocycles. The van der Waals surface area contributed by atoms with Crippen molar-refractivity contribution >= 4 is 16.5 Å². The summed E-state index contributed by atoms with van der Waals surface area (Å²) >= 11 is 1.51. The van der Waals surface area contributed by atoms with Crippen LogP contribution in [-0.4, -0.2) is 23.0 Å². The average Bonchev–Trinajstić information content (AvgIpc) is 2.47. The molecule has 0 radical (unpaired) electrons. The maximum absolute atomic E-state index is 5.53. The zero-order valence-corrected chi connectivity index (χ0v) is 8.40. The summed E-state index contributed by atoms with van der Waals surface area (Å²) in [6.07, 6.45) is 0. The summed E-state index contributed by atoms with van der Waals surface area (Å²) in [4.78, 5) is 6.52. The number of nitrogens with zero attached hydrogens (tertiary/aromatic N) is 2. The van der Waals surface area contributed by atoms with Gasteiger partial charge in [0.2, 0.25) is 0 Å². The number of hydrogen-bond donors (Lipinski definition) is 1.